The summed E-state index contributed by atoms with van der Waals surface area (Å²) in [6, 6.07) is 7.18. The van der Waals surface area contributed by atoms with Crippen LogP contribution in [0.25, 0.3) is 0 Å². The zero-order valence-electron chi connectivity index (χ0n) is 8.86. The number of cyclic esters (lactones) is 1. The minimum absolute atomic E-state index is 0.301. The molecule has 15 heavy (non-hydrogen) atoms. The van der Waals surface area contributed by atoms with Crippen LogP contribution in [-0.4, -0.2) is 18.2 Å². The molecule has 0 radical (unpaired) electrons. The maximum atomic E-state index is 11.5. The molecule has 4 heteroatoms. The van der Waals surface area contributed by atoms with E-state index in [2.05, 4.69) is 0 Å². The number of carbonyl (C=O) groups excluding carboxylic acids is 1. The fourth-order valence-electron chi connectivity index (χ4n) is 1.62. The first-order valence-electron chi connectivity index (χ1n) is 4.84. The van der Waals surface area contributed by atoms with E-state index in [0.29, 0.717) is 12.2 Å². The fourth-order valence-corrected chi connectivity index (χ4v) is 1.62. The van der Waals surface area contributed by atoms with E-state index in [4.69, 9.17) is 10.5 Å². The van der Waals surface area contributed by atoms with Crippen molar-refractivity contribution in [3.63, 3.8) is 0 Å². The Kier molecular flexibility index (Phi) is 2.07. The quantitative estimate of drug-likeness (QED) is 0.715. The molecule has 1 saturated heterocycles. The van der Waals surface area contributed by atoms with E-state index in [1.807, 2.05) is 26.0 Å². The highest BCUT2D eigenvalue weighted by Crippen LogP contribution is 2.27. The number of benzene rings is 1. The van der Waals surface area contributed by atoms with Crippen LogP contribution in [-0.2, 0) is 4.74 Å². The summed E-state index contributed by atoms with van der Waals surface area (Å²) >= 11 is 0. The highest BCUT2D eigenvalue weighted by Gasteiger charge is 2.38. The topological polar surface area (TPSA) is 55.6 Å². The van der Waals surface area contributed by atoms with Crippen LogP contribution < -0.4 is 10.6 Å². The van der Waals surface area contributed by atoms with Crippen molar-refractivity contribution < 1.29 is 9.53 Å². The lowest BCUT2D eigenvalue weighted by Crippen LogP contribution is -2.28. The summed E-state index contributed by atoms with van der Waals surface area (Å²) in [5.41, 5.74) is 6.67. The van der Waals surface area contributed by atoms with Crippen LogP contribution in [0.5, 0.6) is 0 Å². The lowest BCUT2D eigenvalue weighted by atomic mass is 10.1. The van der Waals surface area contributed by atoms with Crippen LogP contribution in [0.4, 0.5) is 16.2 Å². The first kappa shape index (κ1) is 9.83. The summed E-state index contributed by atoms with van der Waals surface area (Å²) in [6.45, 7) is 4.35. The van der Waals surface area contributed by atoms with E-state index < -0.39 is 5.60 Å². The average molecular weight is 206 g/mol. The maximum absolute atomic E-state index is 11.5. The third-order valence-corrected chi connectivity index (χ3v) is 2.33. The standard InChI is InChI=1S/C11H14N2O2/c1-11(2)7-13(10(14)15-11)9-5-3-8(12)4-6-9/h3-6H,7,12H2,1-2H3. The second-order valence-electron chi connectivity index (χ2n) is 4.31. The Morgan fingerprint density at radius 2 is 1.93 bits per heavy atom. The van der Waals surface area contributed by atoms with Crippen LogP contribution in [0.3, 0.4) is 0 Å². The number of nitrogens with two attached hydrogens (primary N) is 1. The molecule has 1 aromatic rings. The predicted octanol–water partition coefficient (Wildman–Crippen LogP) is 2.00. The molecule has 80 valence electrons. The molecule has 0 aliphatic carbocycles. The van der Waals surface area contributed by atoms with Gasteiger partial charge in [-0.15, -0.1) is 0 Å². The van der Waals surface area contributed by atoms with Crippen molar-refractivity contribution in [1.29, 1.82) is 0 Å². The number of hydrogen-bond donors (Lipinski definition) is 1. The van der Waals surface area contributed by atoms with E-state index in [-0.39, 0.29) is 6.09 Å². The molecule has 1 aliphatic heterocycles. The third-order valence-electron chi connectivity index (χ3n) is 2.33. The first-order valence-corrected chi connectivity index (χ1v) is 4.84. The van der Waals surface area contributed by atoms with Crippen LogP contribution in [0, 0.1) is 0 Å². The molecule has 0 bridgehead atoms. The zero-order chi connectivity index (χ0) is 11.1. The third kappa shape index (κ3) is 1.88. The highest BCUT2D eigenvalue weighted by molar-refractivity contribution is 5.90. The molecule has 0 unspecified atom stereocenters. The Hall–Kier alpha value is -1.71. The van der Waals surface area contributed by atoms with Gasteiger partial charge in [0.2, 0.25) is 0 Å². The number of nitrogens with zero attached hydrogens (tertiary/aromatic N) is 1. The van der Waals surface area contributed by atoms with Crippen molar-refractivity contribution >= 4 is 17.5 Å². The van der Waals surface area contributed by atoms with Crippen molar-refractivity contribution in [2.75, 3.05) is 17.2 Å². The number of carbonyl (C=O) groups is 1. The minimum Gasteiger partial charge on any atom is -0.441 e. The lowest BCUT2D eigenvalue weighted by Gasteiger charge is -2.15. The van der Waals surface area contributed by atoms with E-state index >= 15 is 0 Å². The summed E-state index contributed by atoms with van der Waals surface area (Å²) in [7, 11) is 0. The molecule has 1 amide bonds. The molecule has 0 saturated carbocycles. The van der Waals surface area contributed by atoms with Gasteiger partial charge in [-0.1, -0.05) is 0 Å². The molecule has 4 nitrogen and oxygen atoms in total. The van der Waals surface area contributed by atoms with Crippen LogP contribution in [0.15, 0.2) is 24.3 Å². The Bertz CT molecular complexity index is 384. The van der Waals surface area contributed by atoms with Gasteiger partial charge in [0.1, 0.15) is 5.60 Å². The van der Waals surface area contributed by atoms with Crippen molar-refractivity contribution in [1.82, 2.24) is 0 Å². The van der Waals surface area contributed by atoms with Crippen molar-refractivity contribution in [2.45, 2.75) is 19.4 Å². The van der Waals surface area contributed by atoms with Crippen LogP contribution in [0.2, 0.25) is 0 Å². The van der Waals surface area contributed by atoms with Gasteiger partial charge in [-0.05, 0) is 38.1 Å². The summed E-state index contributed by atoms with van der Waals surface area (Å²) in [5.74, 6) is 0. The monoisotopic (exact) mass is 206 g/mol. The predicted molar refractivity (Wildman–Crippen MR) is 58.8 cm³/mol. The number of rotatable bonds is 1. The number of anilines is 2. The summed E-state index contributed by atoms with van der Waals surface area (Å²) in [6.07, 6.45) is -0.301. The van der Waals surface area contributed by atoms with Crippen LogP contribution in [0.1, 0.15) is 13.8 Å². The molecule has 1 aromatic carbocycles. The molecule has 2 N–H and O–H groups in total. The van der Waals surface area contributed by atoms with E-state index in [1.165, 1.54) is 0 Å². The molecule has 1 fully saturated rings. The first-order chi connectivity index (χ1) is 6.98. The molecular weight excluding hydrogens is 192 g/mol. The second kappa shape index (κ2) is 3.15. The van der Waals surface area contributed by atoms with Gasteiger partial charge in [-0.3, -0.25) is 4.90 Å². The van der Waals surface area contributed by atoms with Gasteiger partial charge in [0.15, 0.2) is 0 Å². The van der Waals surface area contributed by atoms with Gasteiger partial charge in [-0.25, -0.2) is 4.79 Å². The Labute approximate surface area is 88.6 Å². The van der Waals surface area contributed by atoms with Crippen LogP contribution >= 0.6 is 0 Å². The normalized spacial score (nSPS) is 19.1. The number of hydrogen-bond acceptors (Lipinski definition) is 3. The summed E-state index contributed by atoms with van der Waals surface area (Å²) in [4.78, 5) is 13.2. The largest absolute Gasteiger partial charge is 0.441 e. The number of nitrogen functional groups attached to an aromatic ring is 1. The van der Waals surface area contributed by atoms with Gasteiger partial charge < -0.3 is 10.5 Å². The van der Waals surface area contributed by atoms with E-state index in [0.717, 1.165) is 5.69 Å². The highest BCUT2D eigenvalue weighted by atomic mass is 16.6. The summed E-state index contributed by atoms with van der Waals surface area (Å²) in [5, 5.41) is 0. The number of amides is 1. The van der Waals surface area contributed by atoms with E-state index in [1.54, 1.807) is 17.0 Å². The Morgan fingerprint density at radius 1 is 1.33 bits per heavy atom. The Morgan fingerprint density at radius 3 is 2.40 bits per heavy atom. The summed E-state index contributed by atoms with van der Waals surface area (Å²) < 4.78 is 5.20. The van der Waals surface area contributed by atoms with Crippen molar-refractivity contribution in [3.8, 4) is 0 Å². The lowest BCUT2D eigenvalue weighted by molar-refractivity contribution is 0.0871. The van der Waals surface area contributed by atoms with Crippen molar-refractivity contribution in [2.24, 2.45) is 0 Å². The van der Waals surface area contributed by atoms with Gasteiger partial charge >= 0.3 is 6.09 Å². The molecule has 1 aliphatic rings. The molecule has 1 heterocycles. The molecular formula is C11H14N2O2. The zero-order valence-corrected chi connectivity index (χ0v) is 8.86. The second-order valence-corrected chi connectivity index (χ2v) is 4.31. The van der Waals surface area contributed by atoms with E-state index in [9.17, 15) is 4.79 Å². The SMILES string of the molecule is CC1(C)CN(c2ccc(N)cc2)C(=O)O1. The molecule has 0 atom stereocenters. The van der Waals surface area contributed by atoms with Gasteiger partial charge in [0.25, 0.3) is 0 Å². The number of ether oxygens (including phenoxy) is 1. The van der Waals surface area contributed by atoms with Gasteiger partial charge in [0.05, 0.1) is 6.54 Å². The fraction of sp³-hybridized carbons (Fsp3) is 0.364. The molecule has 0 aromatic heterocycles. The molecule has 2 rings (SSSR count). The Balaban J connectivity index is 2.25. The minimum atomic E-state index is -0.418. The van der Waals surface area contributed by atoms with Gasteiger partial charge in [-0.2, -0.15) is 0 Å². The smallest absolute Gasteiger partial charge is 0.415 e. The van der Waals surface area contributed by atoms with Gasteiger partial charge in [0, 0.05) is 11.4 Å². The maximum Gasteiger partial charge on any atom is 0.415 e. The van der Waals surface area contributed by atoms with Crippen molar-refractivity contribution in [3.05, 3.63) is 24.3 Å². The average Bonchev–Trinajstić information content (AvgIpc) is 2.41. The molecule has 0 spiro atoms.